The van der Waals surface area contributed by atoms with Crippen LogP contribution < -0.4 is 4.74 Å². The molecule has 1 fully saturated rings. The van der Waals surface area contributed by atoms with E-state index in [-0.39, 0.29) is 11.7 Å². The van der Waals surface area contributed by atoms with Crippen LogP contribution in [-0.2, 0) is 11.3 Å². The number of hydrogen-bond acceptors (Lipinski definition) is 7. The van der Waals surface area contributed by atoms with Crippen LogP contribution in [0, 0.1) is 0 Å². The number of alkyl halides is 2. The van der Waals surface area contributed by atoms with Gasteiger partial charge in [-0.15, -0.1) is 11.3 Å². The van der Waals surface area contributed by atoms with Gasteiger partial charge in [-0.2, -0.15) is 13.8 Å². The maximum Gasteiger partial charge on any atom is 0.387 e. The number of aromatic nitrogens is 2. The molecule has 1 saturated heterocycles. The molecule has 1 aliphatic heterocycles. The molecule has 0 radical (unpaired) electrons. The maximum absolute atomic E-state index is 12.5. The molecule has 0 atom stereocenters. The molecule has 0 saturated carbocycles. The summed E-state index contributed by atoms with van der Waals surface area (Å²) in [6.45, 7) is 0.0765. The van der Waals surface area contributed by atoms with Crippen molar-refractivity contribution in [2.75, 3.05) is 26.2 Å². The quantitative estimate of drug-likeness (QED) is 0.515. The second-order valence-corrected chi connectivity index (χ2v) is 7.79. The van der Waals surface area contributed by atoms with E-state index in [0.717, 1.165) is 4.88 Å². The van der Waals surface area contributed by atoms with E-state index in [1.54, 1.807) is 34.4 Å². The highest BCUT2D eigenvalue weighted by molar-refractivity contribution is 7.13. The number of piperazine rings is 1. The Hall–Kier alpha value is -3.11. The van der Waals surface area contributed by atoms with Gasteiger partial charge in [-0.05, 0) is 23.6 Å². The summed E-state index contributed by atoms with van der Waals surface area (Å²) < 4.78 is 34.8. The number of ether oxygens (including phenoxy) is 1. The van der Waals surface area contributed by atoms with E-state index in [1.165, 1.54) is 18.2 Å². The number of benzene rings is 1. The first kappa shape index (κ1) is 21.1. The van der Waals surface area contributed by atoms with Gasteiger partial charge in [0.05, 0.1) is 11.4 Å². The van der Waals surface area contributed by atoms with E-state index >= 15 is 0 Å². The molecule has 1 aliphatic rings. The van der Waals surface area contributed by atoms with Crippen LogP contribution in [0.25, 0.3) is 16.8 Å². The molecule has 1 amide bonds. The SMILES string of the molecule is O=C(C=Cc1ccccc1OC(F)F)N1CCN(Cc2noc(-c3cccs3)n2)CC1. The predicted molar refractivity (Wildman–Crippen MR) is 112 cm³/mol. The Morgan fingerprint density at radius 3 is 2.74 bits per heavy atom. The van der Waals surface area contributed by atoms with Gasteiger partial charge in [-0.1, -0.05) is 29.4 Å². The van der Waals surface area contributed by atoms with E-state index in [2.05, 4.69) is 19.8 Å². The first-order valence-corrected chi connectivity index (χ1v) is 10.6. The van der Waals surface area contributed by atoms with Gasteiger partial charge < -0.3 is 14.2 Å². The van der Waals surface area contributed by atoms with Crippen molar-refractivity contribution in [3.8, 4) is 16.5 Å². The molecular formula is C21H20F2N4O3S. The molecule has 0 aliphatic carbocycles. The number of para-hydroxylation sites is 1. The zero-order valence-corrected chi connectivity index (χ0v) is 17.3. The molecular weight excluding hydrogens is 426 g/mol. The van der Waals surface area contributed by atoms with E-state index in [9.17, 15) is 13.6 Å². The molecule has 0 bridgehead atoms. The summed E-state index contributed by atoms with van der Waals surface area (Å²) in [7, 11) is 0. The highest BCUT2D eigenvalue weighted by atomic mass is 32.1. The molecule has 3 heterocycles. The molecule has 31 heavy (non-hydrogen) atoms. The van der Waals surface area contributed by atoms with Crippen LogP contribution >= 0.6 is 11.3 Å². The topological polar surface area (TPSA) is 71.7 Å². The summed E-state index contributed by atoms with van der Waals surface area (Å²) in [5.41, 5.74) is 0.424. The van der Waals surface area contributed by atoms with Gasteiger partial charge in [-0.25, -0.2) is 0 Å². The summed E-state index contributed by atoms with van der Waals surface area (Å²) >= 11 is 1.54. The van der Waals surface area contributed by atoms with Gasteiger partial charge in [0.2, 0.25) is 5.91 Å². The minimum absolute atomic E-state index is 0.0356. The Morgan fingerprint density at radius 2 is 2.00 bits per heavy atom. The summed E-state index contributed by atoms with van der Waals surface area (Å²) in [6.07, 6.45) is 2.88. The van der Waals surface area contributed by atoms with Crippen molar-refractivity contribution in [2.24, 2.45) is 0 Å². The van der Waals surface area contributed by atoms with Crippen molar-refractivity contribution in [3.63, 3.8) is 0 Å². The molecule has 0 unspecified atom stereocenters. The van der Waals surface area contributed by atoms with Crippen molar-refractivity contribution in [1.29, 1.82) is 0 Å². The Labute approximate surface area is 181 Å². The fourth-order valence-electron chi connectivity index (χ4n) is 3.23. The van der Waals surface area contributed by atoms with Gasteiger partial charge >= 0.3 is 6.61 Å². The Balaban J connectivity index is 1.29. The van der Waals surface area contributed by atoms with Crippen LogP contribution in [0.5, 0.6) is 5.75 Å². The third-order valence-corrected chi connectivity index (χ3v) is 5.65. The predicted octanol–water partition coefficient (Wildman–Crippen LogP) is 3.76. The summed E-state index contributed by atoms with van der Waals surface area (Å²) in [5.74, 6) is 0.984. The zero-order chi connectivity index (χ0) is 21.6. The van der Waals surface area contributed by atoms with Crippen LogP contribution in [0.1, 0.15) is 11.4 Å². The van der Waals surface area contributed by atoms with E-state index in [1.807, 2.05) is 17.5 Å². The van der Waals surface area contributed by atoms with Crippen LogP contribution in [0.2, 0.25) is 0 Å². The highest BCUT2D eigenvalue weighted by Crippen LogP contribution is 2.23. The average molecular weight is 446 g/mol. The first-order chi connectivity index (χ1) is 15.1. The molecule has 10 heteroatoms. The number of nitrogens with zero attached hydrogens (tertiary/aromatic N) is 4. The summed E-state index contributed by atoms with van der Waals surface area (Å²) in [4.78, 5) is 21.7. The summed E-state index contributed by atoms with van der Waals surface area (Å²) in [5, 5.41) is 5.99. The lowest BCUT2D eigenvalue weighted by atomic mass is 10.2. The molecule has 1 aromatic carbocycles. The Bertz CT molecular complexity index is 1030. The first-order valence-electron chi connectivity index (χ1n) is 9.68. The number of amides is 1. The standard InChI is InChI=1S/C21H20F2N4O3S/c22-21(23)29-16-5-2-1-4-15(16)7-8-19(28)27-11-9-26(10-12-27)14-18-24-20(30-25-18)17-6-3-13-31-17/h1-8,13,21H,9-12,14H2. The third kappa shape index (κ3) is 5.53. The van der Waals surface area contributed by atoms with Crippen LogP contribution in [-0.4, -0.2) is 58.6 Å². The fourth-order valence-corrected chi connectivity index (χ4v) is 3.88. The molecule has 3 aromatic rings. The monoisotopic (exact) mass is 446 g/mol. The lowest BCUT2D eigenvalue weighted by Crippen LogP contribution is -2.47. The van der Waals surface area contributed by atoms with Crippen molar-refractivity contribution < 1.29 is 22.8 Å². The summed E-state index contributed by atoms with van der Waals surface area (Å²) in [6, 6.07) is 10.2. The number of rotatable bonds is 7. The van der Waals surface area contributed by atoms with Crippen LogP contribution in [0.4, 0.5) is 8.78 Å². The third-order valence-electron chi connectivity index (χ3n) is 4.79. The fraction of sp³-hybridized carbons (Fsp3) is 0.286. The normalized spacial score (nSPS) is 15.1. The largest absolute Gasteiger partial charge is 0.434 e. The number of hydrogen-bond donors (Lipinski definition) is 0. The number of carbonyl (C=O) groups excluding carboxylic acids is 1. The van der Waals surface area contributed by atoms with Gasteiger partial charge in [0.15, 0.2) is 5.82 Å². The van der Waals surface area contributed by atoms with Gasteiger partial charge in [0.1, 0.15) is 5.75 Å². The van der Waals surface area contributed by atoms with Crippen LogP contribution in [0.3, 0.4) is 0 Å². The molecule has 2 aromatic heterocycles. The number of halogens is 2. The van der Waals surface area contributed by atoms with Crippen LogP contribution in [0.15, 0.2) is 52.4 Å². The van der Waals surface area contributed by atoms with E-state index in [4.69, 9.17) is 4.52 Å². The lowest BCUT2D eigenvalue weighted by molar-refractivity contribution is -0.127. The molecule has 4 rings (SSSR count). The number of thiophene rings is 1. The Kier molecular flexibility index (Phi) is 6.68. The highest BCUT2D eigenvalue weighted by Gasteiger charge is 2.21. The molecule has 0 N–H and O–H groups in total. The van der Waals surface area contributed by atoms with Gasteiger partial charge in [0.25, 0.3) is 5.89 Å². The second-order valence-electron chi connectivity index (χ2n) is 6.84. The smallest absolute Gasteiger partial charge is 0.387 e. The molecule has 7 nitrogen and oxygen atoms in total. The Morgan fingerprint density at radius 1 is 1.19 bits per heavy atom. The van der Waals surface area contributed by atoms with Crippen molar-refractivity contribution in [3.05, 3.63) is 59.2 Å². The van der Waals surface area contributed by atoms with E-state index < -0.39 is 6.61 Å². The van der Waals surface area contributed by atoms with Crippen molar-refractivity contribution in [2.45, 2.75) is 13.2 Å². The van der Waals surface area contributed by atoms with Crippen molar-refractivity contribution >= 4 is 23.3 Å². The zero-order valence-electron chi connectivity index (χ0n) is 16.5. The number of carbonyl (C=O) groups is 1. The minimum Gasteiger partial charge on any atom is -0.434 e. The lowest BCUT2D eigenvalue weighted by Gasteiger charge is -2.33. The van der Waals surface area contributed by atoms with Gasteiger partial charge in [0, 0.05) is 37.8 Å². The van der Waals surface area contributed by atoms with Crippen molar-refractivity contribution in [1.82, 2.24) is 19.9 Å². The minimum atomic E-state index is -2.92. The molecule has 0 spiro atoms. The average Bonchev–Trinajstić information content (AvgIpc) is 3.45. The van der Waals surface area contributed by atoms with Gasteiger partial charge in [-0.3, -0.25) is 9.69 Å². The maximum atomic E-state index is 12.5. The molecule has 162 valence electrons. The second kappa shape index (κ2) is 9.80. The van der Waals surface area contributed by atoms with E-state index in [0.29, 0.717) is 50.0 Å².